The van der Waals surface area contributed by atoms with Crippen molar-refractivity contribution in [1.82, 2.24) is 4.98 Å². The average molecular weight is 168 g/mol. The summed E-state index contributed by atoms with van der Waals surface area (Å²) in [6.07, 6.45) is 5.55. The monoisotopic (exact) mass is 168 g/mol. The third-order valence-corrected chi connectivity index (χ3v) is 1.94. The summed E-state index contributed by atoms with van der Waals surface area (Å²) in [5.41, 5.74) is 2.17. The SMILES string of the molecule is [CH2]C=Cc1ccc2cccnc2c1. The van der Waals surface area contributed by atoms with Gasteiger partial charge in [0.2, 0.25) is 0 Å². The summed E-state index contributed by atoms with van der Waals surface area (Å²) in [4.78, 5) is 4.27. The van der Waals surface area contributed by atoms with Crippen molar-refractivity contribution in [3.63, 3.8) is 0 Å². The van der Waals surface area contributed by atoms with Crippen LogP contribution in [0.15, 0.2) is 42.6 Å². The predicted molar refractivity (Wildman–Crippen MR) is 56.1 cm³/mol. The van der Waals surface area contributed by atoms with E-state index in [0.717, 1.165) is 11.1 Å². The van der Waals surface area contributed by atoms with E-state index in [9.17, 15) is 0 Å². The van der Waals surface area contributed by atoms with Crippen molar-refractivity contribution < 1.29 is 0 Å². The van der Waals surface area contributed by atoms with Gasteiger partial charge in [0.25, 0.3) is 0 Å². The molecule has 0 aliphatic heterocycles. The van der Waals surface area contributed by atoms with E-state index in [4.69, 9.17) is 0 Å². The van der Waals surface area contributed by atoms with Gasteiger partial charge in [0.15, 0.2) is 0 Å². The first-order chi connectivity index (χ1) is 6.40. The Balaban J connectivity index is 2.62. The lowest BCUT2D eigenvalue weighted by Gasteiger charge is -1.97. The molecule has 1 radical (unpaired) electrons. The summed E-state index contributed by atoms with van der Waals surface area (Å²) < 4.78 is 0. The number of hydrogen-bond acceptors (Lipinski definition) is 1. The summed E-state index contributed by atoms with van der Waals surface area (Å²) in [6.45, 7) is 3.66. The minimum atomic E-state index is 1.03. The number of hydrogen-bond donors (Lipinski definition) is 0. The minimum absolute atomic E-state index is 1.03. The fourth-order valence-electron chi connectivity index (χ4n) is 1.32. The highest BCUT2D eigenvalue weighted by atomic mass is 14.6. The third kappa shape index (κ3) is 1.59. The Labute approximate surface area is 77.7 Å². The maximum absolute atomic E-state index is 4.27. The topological polar surface area (TPSA) is 12.9 Å². The van der Waals surface area contributed by atoms with Gasteiger partial charge in [-0.15, -0.1) is 0 Å². The minimum Gasteiger partial charge on any atom is -0.256 e. The Bertz CT molecular complexity index is 444. The molecule has 0 atom stereocenters. The molecule has 63 valence electrons. The Hall–Kier alpha value is -1.63. The number of fused-ring (bicyclic) bond motifs is 1. The first-order valence-corrected chi connectivity index (χ1v) is 4.21. The molecule has 0 aliphatic rings. The number of nitrogens with zero attached hydrogens (tertiary/aromatic N) is 1. The van der Waals surface area contributed by atoms with Crippen LogP contribution in [-0.2, 0) is 0 Å². The molecule has 0 unspecified atom stereocenters. The molecule has 2 aromatic rings. The molecule has 1 aromatic carbocycles. The van der Waals surface area contributed by atoms with Gasteiger partial charge >= 0.3 is 0 Å². The van der Waals surface area contributed by atoms with Gasteiger partial charge in [-0.2, -0.15) is 0 Å². The van der Waals surface area contributed by atoms with Crippen molar-refractivity contribution in [2.45, 2.75) is 0 Å². The third-order valence-electron chi connectivity index (χ3n) is 1.94. The standard InChI is InChI=1S/C12H10N/c1-2-4-10-6-7-11-5-3-8-13-12(11)9-10/h2-9H,1H2. The molecule has 1 aromatic heterocycles. The van der Waals surface area contributed by atoms with E-state index in [0.29, 0.717) is 0 Å². The van der Waals surface area contributed by atoms with Crippen molar-refractivity contribution in [2.24, 2.45) is 0 Å². The van der Waals surface area contributed by atoms with Crippen LogP contribution in [0.4, 0.5) is 0 Å². The lowest BCUT2D eigenvalue weighted by atomic mass is 10.1. The van der Waals surface area contributed by atoms with Gasteiger partial charge in [0.1, 0.15) is 0 Å². The van der Waals surface area contributed by atoms with Crippen molar-refractivity contribution in [3.8, 4) is 0 Å². The fourth-order valence-corrected chi connectivity index (χ4v) is 1.32. The van der Waals surface area contributed by atoms with Crippen LogP contribution in [0.1, 0.15) is 5.56 Å². The molecule has 1 heteroatoms. The van der Waals surface area contributed by atoms with Gasteiger partial charge < -0.3 is 0 Å². The van der Waals surface area contributed by atoms with Gasteiger partial charge in [-0.25, -0.2) is 0 Å². The summed E-state index contributed by atoms with van der Waals surface area (Å²) in [5.74, 6) is 0. The Morgan fingerprint density at radius 1 is 1.23 bits per heavy atom. The van der Waals surface area contributed by atoms with Gasteiger partial charge in [-0.3, -0.25) is 4.98 Å². The molecule has 1 nitrogen and oxygen atoms in total. The normalized spacial score (nSPS) is 11.2. The summed E-state index contributed by atoms with van der Waals surface area (Å²) in [5, 5.41) is 1.17. The van der Waals surface area contributed by atoms with Crippen molar-refractivity contribution >= 4 is 17.0 Å². The second kappa shape index (κ2) is 3.40. The molecule has 0 saturated heterocycles. The molecule has 0 bridgehead atoms. The van der Waals surface area contributed by atoms with Crippen LogP contribution < -0.4 is 0 Å². The summed E-state index contributed by atoms with van der Waals surface area (Å²) >= 11 is 0. The molecule has 0 spiro atoms. The molecule has 0 fully saturated rings. The van der Waals surface area contributed by atoms with Crippen molar-refractivity contribution in [3.05, 3.63) is 55.1 Å². The molecule has 1 heterocycles. The number of pyridine rings is 1. The maximum atomic E-state index is 4.27. The Morgan fingerprint density at radius 3 is 3.00 bits per heavy atom. The van der Waals surface area contributed by atoms with E-state index in [1.807, 2.05) is 12.1 Å². The molecule has 2 rings (SSSR count). The molecule has 0 amide bonds. The van der Waals surface area contributed by atoms with Gasteiger partial charge in [0, 0.05) is 11.6 Å². The highest BCUT2D eigenvalue weighted by molar-refractivity contribution is 5.80. The number of rotatable bonds is 1. The van der Waals surface area contributed by atoms with E-state index >= 15 is 0 Å². The lowest BCUT2D eigenvalue weighted by Crippen LogP contribution is -1.78. The molecule has 13 heavy (non-hydrogen) atoms. The van der Waals surface area contributed by atoms with E-state index in [1.165, 1.54) is 5.39 Å². The van der Waals surface area contributed by atoms with E-state index in [-0.39, 0.29) is 0 Å². The maximum Gasteiger partial charge on any atom is 0.0707 e. The van der Waals surface area contributed by atoms with E-state index < -0.39 is 0 Å². The first-order valence-electron chi connectivity index (χ1n) is 4.21. The number of aromatic nitrogens is 1. The van der Waals surface area contributed by atoms with Crippen LogP contribution in [0.5, 0.6) is 0 Å². The van der Waals surface area contributed by atoms with Crippen LogP contribution in [0.2, 0.25) is 0 Å². The quantitative estimate of drug-likeness (QED) is 0.637. The van der Waals surface area contributed by atoms with Crippen LogP contribution in [0, 0.1) is 6.92 Å². The molecular formula is C12H10N. The van der Waals surface area contributed by atoms with Crippen molar-refractivity contribution in [2.75, 3.05) is 0 Å². The second-order valence-corrected chi connectivity index (χ2v) is 2.86. The van der Waals surface area contributed by atoms with Crippen LogP contribution in [-0.4, -0.2) is 4.98 Å². The lowest BCUT2D eigenvalue weighted by molar-refractivity contribution is 1.41. The molecule has 0 N–H and O–H groups in total. The van der Waals surface area contributed by atoms with Crippen LogP contribution in [0.25, 0.3) is 17.0 Å². The second-order valence-electron chi connectivity index (χ2n) is 2.86. The fraction of sp³-hybridized carbons (Fsp3) is 0. The Morgan fingerprint density at radius 2 is 2.15 bits per heavy atom. The largest absolute Gasteiger partial charge is 0.256 e. The smallest absolute Gasteiger partial charge is 0.0707 e. The van der Waals surface area contributed by atoms with Crippen LogP contribution >= 0.6 is 0 Å². The molecule has 0 saturated carbocycles. The average Bonchev–Trinajstić information content (AvgIpc) is 2.18. The number of benzene rings is 1. The zero-order valence-corrected chi connectivity index (χ0v) is 7.27. The highest BCUT2D eigenvalue weighted by Crippen LogP contribution is 2.13. The summed E-state index contributed by atoms with van der Waals surface area (Å²) in [7, 11) is 0. The zero-order valence-electron chi connectivity index (χ0n) is 7.27. The van der Waals surface area contributed by atoms with E-state index in [1.54, 1.807) is 12.3 Å². The number of allylic oxidation sites excluding steroid dienone is 1. The first kappa shape index (κ1) is 7.99. The molecular weight excluding hydrogens is 158 g/mol. The summed E-state index contributed by atoms with van der Waals surface area (Å²) in [6, 6.07) is 10.2. The predicted octanol–water partition coefficient (Wildman–Crippen LogP) is 3.08. The highest BCUT2D eigenvalue weighted by Gasteiger charge is 1.92. The van der Waals surface area contributed by atoms with Gasteiger partial charge in [0.05, 0.1) is 5.52 Å². The molecule has 0 aliphatic carbocycles. The van der Waals surface area contributed by atoms with Gasteiger partial charge in [-0.05, 0) is 24.6 Å². The van der Waals surface area contributed by atoms with E-state index in [2.05, 4.69) is 36.2 Å². The van der Waals surface area contributed by atoms with Crippen LogP contribution in [0.3, 0.4) is 0 Å². The van der Waals surface area contributed by atoms with Gasteiger partial charge in [-0.1, -0.05) is 30.4 Å². The zero-order chi connectivity index (χ0) is 9.10. The Kier molecular flexibility index (Phi) is 2.09. The van der Waals surface area contributed by atoms with Crippen molar-refractivity contribution in [1.29, 1.82) is 0 Å².